The van der Waals surface area contributed by atoms with Crippen LogP contribution in [0, 0.1) is 0 Å². The predicted molar refractivity (Wildman–Crippen MR) is 50.6 cm³/mol. The molecule has 0 aromatic heterocycles. The monoisotopic (exact) mass is 172 g/mol. The van der Waals surface area contributed by atoms with Crippen molar-refractivity contribution >= 4 is 17.3 Å². The lowest BCUT2D eigenvalue weighted by Gasteiger charge is -1.96. The van der Waals surface area contributed by atoms with Gasteiger partial charge in [0, 0.05) is 10.7 Å². The van der Waals surface area contributed by atoms with Crippen LogP contribution in [0.25, 0.3) is 0 Å². The van der Waals surface area contributed by atoms with Gasteiger partial charge < -0.3 is 5.43 Å². The molecule has 0 aliphatic rings. The minimum absolute atomic E-state index is 0.717. The molecule has 0 saturated carbocycles. The van der Waals surface area contributed by atoms with Gasteiger partial charge in [-0.25, -0.2) is 0 Å². The summed E-state index contributed by atoms with van der Waals surface area (Å²) in [5.74, 6) is 5.11. The zero-order chi connectivity index (χ0) is 8.69. The zero-order valence-electron chi connectivity index (χ0n) is 6.76. The molecule has 1 aromatic rings. The van der Waals surface area contributed by atoms with Gasteiger partial charge in [-0.1, -0.05) is 25.4 Å². The Balaban J connectivity index is 0.000000461. The molecule has 0 atom stereocenters. The lowest BCUT2D eigenvalue weighted by atomic mass is 10.3. The topological polar surface area (TPSA) is 38.0 Å². The van der Waals surface area contributed by atoms with E-state index in [2.05, 4.69) is 5.43 Å². The first-order chi connectivity index (χ1) is 5.33. The SMILES string of the molecule is CC.NNc1ccc(Cl)cc1. The number of benzene rings is 1. The first kappa shape index (κ1) is 10.3. The molecule has 0 fully saturated rings. The fourth-order valence-electron chi connectivity index (χ4n) is 0.546. The average molecular weight is 173 g/mol. The van der Waals surface area contributed by atoms with Gasteiger partial charge in [0.1, 0.15) is 0 Å². The number of nitrogens with two attached hydrogens (primary N) is 1. The van der Waals surface area contributed by atoms with Gasteiger partial charge in [-0.3, -0.25) is 5.84 Å². The first-order valence-corrected chi connectivity index (χ1v) is 3.93. The third kappa shape index (κ3) is 3.86. The smallest absolute Gasteiger partial charge is 0.0486 e. The zero-order valence-corrected chi connectivity index (χ0v) is 7.52. The molecular weight excluding hydrogens is 160 g/mol. The van der Waals surface area contributed by atoms with Crippen molar-refractivity contribution in [2.45, 2.75) is 13.8 Å². The second-order valence-corrected chi connectivity index (χ2v) is 2.09. The van der Waals surface area contributed by atoms with Crippen molar-refractivity contribution in [2.75, 3.05) is 5.43 Å². The molecule has 3 N–H and O–H groups in total. The Morgan fingerprint density at radius 1 is 1.18 bits per heavy atom. The van der Waals surface area contributed by atoms with Crippen LogP contribution in [-0.2, 0) is 0 Å². The van der Waals surface area contributed by atoms with Gasteiger partial charge >= 0.3 is 0 Å². The number of hydrogen-bond acceptors (Lipinski definition) is 2. The summed E-state index contributed by atoms with van der Waals surface area (Å²) in [7, 11) is 0. The number of nitrogens with one attached hydrogen (secondary N) is 1. The number of hydrogen-bond donors (Lipinski definition) is 2. The summed E-state index contributed by atoms with van der Waals surface area (Å²) in [4.78, 5) is 0. The minimum atomic E-state index is 0.717. The van der Waals surface area contributed by atoms with Crippen LogP contribution in [0.3, 0.4) is 0 Å². The molecule has 3 heteroatoms. The summed E-state index contributed by atoms with van der Waals surface area (Å²) in [5, 5.41) is 0.717. The van der Waals surface area contributed by atoms with Crippen molar-refractivity contribution in [3.8, 4) is 0 Å². The van der Waals surface area contributed by atoms with E-state index >= 15 is 0 Å². The maximum absolute atomic E-state index is 5.60. The van der Waals surface area contributed by atoms with Gasteiger partial charge in [-0.2, -0.15) is 0 Å². The number of hydrazine groups is 1. The largest absolute Gasteiger partial charge is 0.324 e. The third-order valence-corrected chi connectivity index (χ3v) is 1.26. The summed E-state index contributed by atoms with van der Waals surface area (Å²) in [5.41, 5.74) is 3.36. The fraction of sp³-hybridized carbons (Fsp3) is 0.250. The molecule has 0 saturated heterocycles. The van der Waals surface area contributed by atoms with Crippen LogP contribution in [0.4, 0.5) is 5.69 Å². The van der Waals surface area contributed by atoms with Crippen LogP contribution in [0.2, 0.25) is 5.02 Å². The quantitative estimate of drug-likeness (QED) is 0.505. The van der Waals surface area contributed by atoms with Gasteiger partial charge in [0.25, 0.3) is 0 Å². The Morgan fingerprint density at radius 3 is 2.00 bits per heavy atom. The molecular formula is C8H13ClN2. The number of nitrogen functional groups attached to an aromatic ring is 1. The molecule has 11 heavy (non-hydrogen) atoms. The summed E-state index contributed by atoms with van der Waals surface area (Å²) < 4.78 is 0. The maximum Gasteiger partial charge on any atom is 0.0486 e. The highest BCUT2D eigenvalue weighted by Crippen LogP contribution is 2.11. The summed E-state index contributed by atoms with van der Waals surface area (Å²) in [6.45, 7) is 4.00. The second kappa shape index (κ2) is 6.01. The first-order valence-electron chi connectivity index (χ1n) is 3.55. The molecule has 0 heterocycles. The Morgan fingerprint density at radius 2 is 1.64 bits per heavy atom. The number of rotatable bonds is 1. The molecule has 0 aliphatic carbocycles. The Hall–Kier alpha value is -0.730. The number of anilines is 1. The van der Waals surface area contributed by atoms with E-state index in [0.717, 1.165) is 5.69 Å². The van der Waals surface area contributed by atoms with Crippen molar-refractivity contribution in [3.05, 3.63) is 29.3 Å². The molecule has 2 nitrogen and oxygen atoms in total. The van der Waals surface area contributed by atoms with E-state index in [9.17, 15) is 0 Å². The minimum Gasteiger partial charge on any atom is -0.324 e. The van der Waals surface area contributed by atoms with E-state index in [0.29, 0.717) is 5.02 Å². The highest BCUT2D eigenvalue weighted by molar-refractivity contribution is 6.30. The molecule has 0 aliphatic heterocycles. The summed E-state index contributed by atoms with van der Waals surface area (Å²) >= 11 is 5.60. The van der Waals surface area contributed by atoms with Crippen LogP contribution >= 0.6 is 11.6 Å². The van der Waals surface area contributed by atoms with E-state index in [1.165, 1.54) is 0 Å². The molecule has 0 spiro atoms. The van der Waals surface area contributed by atoms with Crippen molar-refractivity contribution < 1.29 is 0 Å². The summed E-state index contributed by atoms with van der Waals surface area (Å²) in [6.07, 6.45) is 0. The van der Waals surface area contributed by atoms with Gasteiger partial charge in [0.2, 0.25) is 0 Å². The van der Waals surface area contributed by atoms with Crippen LogP contribution in [0.15, 0.2) is 24.3 Å². The molecule has 0 radical (unpaired) electrons. The standard InChI is InChI=1S/C6H7ClN2.C2H6/c7-5-1-3-6(9-8)4-2-5;1-2/h1-4,9H,8H2;1-2H3. The lowest BCUT2D eigenvalue weighted by molar-refractivity contribution is 1.35. The average Bonchev–Trinajstić information content (AvgIpc) is 2.10. The Kier molecular flexibility index (Phi) is 5.61. The second-order valence-electron chi connectivity index (χ2n) is 1.65. The third-order valence-electron chi connectivity index (χ3n) is 1.01. The lowest BCUT2D eigenvalue weighted by Crippen LogP contribution is -2.05. The van der Waals surface area contributed by atoms with E-state index < -0.39 is 0 Å². The van der Waals surface area contributed by atoms with Gasteiger partial charge in [-0.05, 0) is 24.3 Å². The highest BCUT2D eigenvalue weighted by Gasteiger charge is 1.85. The maximum atomic E-state index is 5.60. The molecule has 0 unspecified atom stereocenters. The van der Waals surface area contributed by atoms with Crippen molar-refractivity contribution in [3.63, 3.8) is 0 Å². The fourth-order valence-corrected chi connectivity index (χ4v) is 0.672. The normalized spacial score (nSPS) is 8.00. The van der Waals surface area contributed by atoms with Crippen LogP contribution < -0.4 is 11.3 Å². The van der Waals surface area contributed by atoms with Gasteiger partial charge in [0.15, 0.2) is 0 Å². The van der Waals surface area contributed by atoms with Gasteiger partial charge in [-0.15, -0.1) is 0 Å². The molecule has 62 valence electrons. The van der Waals surface area contributed by atoms with E-state index in [4.69, 9.17) is 17.4 Å². The van der Waals surface area contributed by atoms with Crippen LogP contribution in [0.1, 0.15) is 13.8 Å². The van der Waals surface area contributed by atoms with E-state index in [-0.39, 0.29) is 0 Å². The predicted octanol–water partition coefficient (Wildman–Crippen LogP) is 2.65. The van der Waals surface area contributed by atoms with Crippen LogP contribution in [0.5, 0.6) is 0 Å². The Labute approximate surface area is 72.3 Å². The van der Waals surface area contributed by atoms with Crippen molar-refractivity contribution in [2.24, 2.45) is 5.84 Å². The summed E-state index contributed by atoms with van der Waals surface area (Å²) in [6, 6.07) is 7.16. The van der Waals surface area contributed by atoms with E-state index in [1.807, 2.05) is 26.0 Å². The molecule has 1 aromatic carbocycles. The highest BCUT2D eigenvalue weighted by atomic mass is 35.5. The Bertz CT molecular complexity index is 184. The van der Waals surface area contributed by atoms with Crippen molar-refractivity contribution in [1.29, 1.82) is 0 Å². The van der Waals surface area contributed by atoms with Gasteiger partial charge in [0.05, 0.1) is 0 Å². The van der Waals surface area contributed by atoms with E-state index in [1.54, 1.807) is 12.1 Å². The molecule has 0 bridgehead atoms. The van der Waals surface area contributed by atoms with Crippen molar-refractivity contribution in [1.82, 2.24) is 0 Å². The van der Waals surface area contributed by atoms with Crippen LogP contribution in [-0.4, -0.2) is 0 Å². The number of halogens is 1. The molecule has 0 amide bonds. The molecule has 1 rings (SSSR count).